The Kier molecular flexibility index (Phi) is 7.03. The minimum absolute atomic E-state index is 0.00424. The molecular formula is C61H35N3O2. The van der Waals surface area contributed by atoms with Gasteiger partial charge in [-0.1, -0.05) is 127 Å². The molecule has 0 aliphatic heterocycles. The summed E-state index contributed by atoms with van der Waals surface area (Å²) in [5, 5.41) is 11.9. The van der Waals surface area contributed by atoms with Crippen molar-refractivity contribution in [1.82, 2.24) is 13.5 Å². The first-order valence-electron chi connectivity index (χ1n) is 22.5. The van der Waals surface area contributed by atoms with Gasteiger partial charge in [0.15, 0.2) is 0 Å². The van der Waals surface area contributed by atoms with Crippen molar-refractivity contribution in [1.29, 1.82) is 0 Å². The molecule has 0 fully saturated rings. The number of fused-ring (bicyclic) bond motifs is 14. The minimum Gasteiger partial charge on any atom is -0.456 e. The smallest absolute Gasteiger partial charge is 0.263 e. The molecule has 0 aliphatic rings. The van der Waals surface area contributed by atoms with Crippen LogP contribution in [0.15, 0.2) is 222 Å². The molecule has 0 spiro atoms. The van der Waals surface area contributed by atoms with Crippen molar-refractivity contribution < 1.29 is 4.42 Å². The van der Waals surface area contributed by atoms with Crippen molar-refractivity contribution in [3.05, 3.63) is 223 Å². The zero-order valence-corrected chi connectivity index (χ0v) is 35.4. The van der Waals surface area contributed by atoms with Crippen molar-refractivity contribution in [3.63, 3.8) is 0 Å². The van der Waals surface area contributed by atoms with Gasteiger partial charge in [0.1, 0.15) is 11.2 Å². The van der Waals surface area contributed by atoms with E-state index in [-0.39, 0.29) is 5.56 Å². The molecule has 5 aromatic heterocycles. The largest absolute Gasteiger partial charge is 0.456 e. The number of nitrogens with zero attached hydrogens (tertiary/aromatic N) is 3. The standard InChI is InChI=1S/C61H35N3O2/c65-61-46-18-5-4-15-40(46)45-21-10-22-47-58-43(19-11-25-55(58)64(61)60(45)47)44-20-12-26-57-59(44)50-35-39(29-32-56(50)66-57)63-52-24-9-7-17-42(52)49-34-37(28-31-54(49)63)36-27-30-53-48(33-36)41-16-6-8-23-51(41)62(53)38-13-2-1-3-14-38/h1-35H. The highest BCUT2D eigenvalue weighted by Gasteiger charge is 2.23. The first-order chi connectivity index (χ1) is 32.7. The summed E-state index contributed by atoms with van der Waals surface area (Å²) >= 11 is 0. The summed E-state index contributed by atoms with van der Waals surface area (Å²) in [7, 11) is 0. The molecular weight excluding hydrogens is 807 g/mol. The van der Waals surface area contributed by atoms with Crippen molar-refractivity contribution in [2.45, 2.75) is 0 Å². The second kappa shape index (κ2) is 13.1. The lowest BCUT2D eigenvalue weighted by molar-refractivity contribution is 0.669. The van der Waals surface area contributed by atoms with Crippen molar-refractivity contribution in [2.75, 3.05) is 0 Å². The van der Waals surface area contributed by atoms with E-state index in [1.807, 2.05) is 22.6 Å². The molecule has 5 nitrogen and oxygen atoms in total. The molecule has 0 saturated heterocycles. The maximum Gasteiger partial charge on any atom is 0.263 e. The fraction of sp³-hybridized carbons (Fsp3) is 0. The van der Waals surface area contributed by atoms with Gasteiger partial charge in [0.2, 0.25) is 0 Å². The van der Waals surface area contributed by atoms with E-state index in [1.165, 1.54) is 43.7 Å². The number of furan rings is 1. The van der Waals surface area contributed by atoms with Gasteiger partial charge in [-0.25, -0.2) is 0 Å². The fourth-order valence-corrected chi connectivity index (χ4v) is 11.4. The number of pyridine rings is 1. The predicted molar refractivity (Wildman–Crippen MR) is 274 cm³/mol. The minimum atomic E-state index is 0.00424. The third-order valence-electron chi connectivity index (χ3n) is 14.2. The van der Waals surface area contributed by atoms with Gasteiger partial charge in [-0.3, -0.25) is 9.20 Å². The molecule has 0 saturated carbocycles. The van der Waals surface area contributed by atoms with E-state index in [0.29, 0.717) is 0 Å². The van der Waals surface area contributed by atoms with Gasteiger partial charge in [0.05, 0.1) is 33.1 Å². The van der Waals surface area contributed by atoms with Crippen molar-refractivity contribution in [2.24, 2.45) is 0 Å². The topological polar surface area (TPSA) is 44.5 Å². The first-order valence-corrected chi connectivity index (χ1v) is 22.5. The summed E-state index contributed by atoms with van der Waals surface area (Å²) in [5.74, 6) is 0. The van der Waals surface area contributed by atoms with Gasteiger partial charge < -0.3 is 13.6 Å². The lowest BCUT2D eigenvalue weighted by atomic mass is 9.95. The van der Waals surface area contributed by atoms with Gasteiger partial charge in [-0.2, -0.15) is 0 Å². The Balaban J connectivity index is 0.920. The molecule has 0 radical (unpaired) electrons. The van der Waals surface area contributed by atoms with E-state index in [4.69, 9.17) is 4.42 Å². The van der Waals surface area contributed by atoms with E-state index < -0.39 is 0 Å². The Morgan fingerprint density at radius 2 is 0.864 bits per heavy atom. The van der Waals surface area contributed by atoms with Crippen LogP contribution >= 0.6 is 0 Å². The van der Waals surface area contributed by atoms with Crippen LogP contribution in [-0.4, -0.2) is 13.5 Å². The molecule has 15 aromatic rings. The number of benzene rings is 10. The molecule has 0 aliphatic carbocycles. The molecule has 10 aromatic carbocycles. The van der Waals surface area contributed by atoms with Crippen LogP contribution < -0.4 is 5.56 Å². The van der Waals surface area contributed by atoms with Gasteiger partial charge in [-0.15, -0.1) is 0 Å². The van der Waals surface area contributed by atoms with Crippen molar-refractivity contribution >= 4 is 104 Å². The van der Waals surface area contributed by atoms with Crippen LogP contribution in [0.3, 0.4) is 0 Å². The summed E-state index contributed by atoms with van der Waals surface area (Å²) in [4.78, 5) is 14.3. The lowest BCUT2D eigenvalue weighted by Gasteiger charge is -2.10. The zero-order chi connectivity index (χ0) is 43.2. The Bertz CT molecular complexity index is 4600. The maximum atomic E-state index is 14.3. The molecule has 0 unspecified atom stereocenters. The lowest BCUT2D eigenvalue weighted by Crippen LogP contribution is -2.12. The Hall–Kier alpha value is -8.93. The molecule has 306 valence electrons. The Morgan fingerprint density at radius 1 is 0.318 bits per heavy atom. The van der Waals surface area contributed by atoms with E-state index in [0.717, 1.165) is 93.4 Å². The molecule has 5 heteroatoms. The van der Waals surface area contributed by atoms with Crippen LogP contribution in [0, 0.1) is 0 Å². The highest BCUT2D eigenvalue weighted by Crippen LogP contribution is 2.45. The van der Waals surface area contributed by atoms with E-state index in [1.54, 1.807) is 0 Å². The SMILES string of the molecule is O=c1c2ccccc2c2cccc3c4c(-c5cccc6oc7ccc(-n8c9ccccc9c9cc(-c%10ccc%11c(c%10)c%10ccccc%10n%11-c%10ccccc%10)ccc98)cc7c56)cccc4n1c23. The predicted octanol–water partition coefficient (Wildman–Crippen LogP) is 15.6. The van der Waals surface area contributed by atoms with E-state index in [2.05, 4.69) is 203 Å². The molecule has 5 heterocycles. The molecule has 66 heavy (non-hydrogen) atoms. The average molecular weight is 842 g/mol. The highest BCUT2D eigenvalue weighted by molar-refractivity contribution is 6.25. The molecule has 0 bridgehead atoms. The van der Waals surface area contributed by atoms with Gasteiger partial charge in [-0.05, 0) is 113 Å². The molecule has 15 rings (SSSR count). The average Bonchev–Trinajstić information content (AvgIpc) is 4.12. The van der Waals surface area contributed by atoms with Crippen LogP contribution in [0.2, 0.25) is 0 Å². The Morgan fingerprint density at radius 3 is 1.59 bits per heavy atom. The summed E-state index contributed by atoms with van der Waals surface area (Å²) in [5.41, 5.74) is 14.9. The highest BCUT2D eigenvalue weighted by atomic mass is 16.3. The third-order valence-corrected chi connectivity index (χ3v) is 14.2. The number of hydrogen-bond acceptors (Lipinski definition) is 2. The zero-order valence-electron chi connectivity index (χ0n) is 35.4. The summed E-state index contributed by atoms with van der Waals surface area (Å²) in [6.45, 7) is 0. The van der Waals surface area contributed by atoms with Crippen LogP contribution in [0.5, 0.6) is 0 Å². The van der Waals surface area contributed by atoms with Crippen LogP contribution in [0.25, 0.3) is 137 Å². The quantitative estimate of drug-likeness (QED) is 0.166. The Labute approximate surface area is 376 Å². The second-order valence-corrected chi connectivity index (χ2v) is 17.6. The molecule has 0 N–H and O–H groups in total. The van der Waals surface area contributed by atoms with Gasteiger partial charge in [0, 0.05) is 65.2 Å². The van der Waals surface area contributed by atoms with Crippen molar-refractivity contribution in [3.8, 4) is 33.6 Å². The number of rotatable bonds is 4. The summed E-state index contributed by atoms with van der Waals surface area (Å²) < 4.78 is 13.3. The van der Waals surface area contributed by atoms with Crippen LogP contribution in [0.4, 0.5) is 0 Å². The van der Waals surface area contributed by atoms with Gasteiger partial charge >= 0.3 is 0 Å². The summed E-state index contributed by atoms with van der Waals surface area (Å²) in [6.07, 6.45) is 0. The maximum absolute atomic E-state index is 14.3. The van der Waals surface area contributed by atoms with Crippen LogP contribution in [0.1, 0.15) is 0 Å². The van der Waals surface area contributed by atoms with E-state index in [9.17, 15) is 4.79 Å². The molecule has 0 amide bonds. The summed E-state index contributed by atoms with van der Waals surface area (Å²) in [6, 6.07) is 75.5. The fourth-order valence-electron chi connectivity index (χ4n) is 11.4. The normalized spacial score (nSPS) is 12.3. The molecule has 0 atom stereocenters. The van der Waals surface area contributed by atoms with Crippen LogP contribution in [-0.2, 0) is 0 Å². The first kappa shape index (κ1) is 35.5. The van der Waals surface area contributed by atoms with Gasteiger partial charge in [0.25, 0.3) is 5.56 Å². The van der Waals surface area contributed by atoms with E-state index >= 15 is 0 Å². The monoisotopic (exact) mass is 841 g/mol. The number of hydrogen-bond donors (Lipinski definition) is 0. The second-order valence-electron chi connectivity index (χ2n) is 17.6. The number of aromatic nitrogens is 3. The number of para-hydroxylation sites is 4. The third kappa shape index (κ3) is 4.70.